The summed E-state index contributed by atoms with van der Waals surface area (Å²) in [6.45, 7) is 3.38. The molecule has 2 N–H and O–H groups in total. The van der Waals surface area contributed by atoms with E-state index in [-0.39, 0.29) is 0 Å². The summed E-state index contributed by atoms with van der Waals surface area (Å²) in [5.74, 6) is 0.457. The van der Waals surface area contributed by atoms with E-state index in [1.807, 2.05) is 40.7 Å². The lowest BCUT2D eigenvalue weighted by Gasteiger charge is -2.06. The number of rotatable bonds is 3. The fraction of sp³-hybridized carbons (Fsp3) is 0.214. The van der Waals surface area contributed by atoms with Gasteiger partial charge < -0.3 is 10.3 Å². The second kappa shape index (κ2) is 4.70. The van der Waals surface area contributed by atoms with Crippen LogP contribution in [0.3, 0.4) is 0 Å². The number of anilines is 1. The summed E-state index contributed by atoms with van der Waals surface area (Å²) in [6, 6.07) is 7.51. The minimum Gasteiger partial charge on any atom is -0.369 e. The molecule has 0 unspecified atom stereocenters. The zero-order chi connectivity index (χ0) is 14.1. The average Bonchev–Trinajstić information content (AvgIpc) is 2.98. The van der Waals surface area contributed by atoms with Crippen LogP contribution in [-0.2, 0) is 13.1 Å². The van der Waals surface area contributed by atoms with Crippen LogP contribution in [0.1, 0.15) is 11.1 Å². The maximum absolute atomic E-state index is 8.98. The lowest BCUT2D eigenvalue weighted by molar-refractivity contribution is 0.544. The molecule has 0 radical (unpaired) electrons. The monoisotopic (exact) mass is 266 g/mol. The van der Waals surface area contributed by atoms with Gasteiger partial charge in [0, 0.05) is 12.7 Å². The van der Waals surface area contributed by atoms with Crippen molar-refractivity contribution in [3.05, 3.63) is 41.7 Å². The molecule has 0 atom stereocenters. The quantitative estimate of drug-likeness (QED) is 0.781. The van der Waals surface area contributed by atoms with Gasteiger partial charge in [0.25, 0.3) is 0 Å². The van der Waals surface area contributed by atoms with Crippen LogP contribution in [0.25, 0.3) is 11.0 Å². The zero-order valence-electron chi connectivity index (χ0n) is 11.1. The molecule has 0 aliphatic carbocycles. The van der Waals surface area contributed by atoms with Crippen molar-refractivity contribution in [1.82, 2.24) is 19.3 Å². The van der Waals surface area contributed by atoms with E-state index in [1.165, 1.54) is 0 Å². The van der Waals surface area contributed by atoms with Gasteiger partial charge in [0.2, 0.25) is 5.95 Å². The van der Waals surface area contributed by atoms with Crippen molar-refractivity contribution in [2.24, 2.45) is 0 Å². The second-order valence-electron chi connectivity index (χ2n) is 4.72. The minimum absolute atomic E-state index is 0.457. The molecule has 0 amide bonds. The van der Waals surface area contributed by atoms with Crippen molar-refractivity contribution in [2.75, 3.05) is 5.73 Å². The Hall–Kier alpha value is -2.81. The predicted octanol–water partition coefficient (Wildman–Crippen LogP) is 1.70. The minimum atomic E-state index is 0.457. The number of nitrogens with zero attached hydrogens (tertiary/aromatic N) is 5. The fourth-order valence-corrected chi connectivity index (χ4v) is 2.24. The Bertz CT molecular complexity index is 805. The Kier molecular flexibility index (Phi) is 2.88. The molecule has 2 aromatic heterocycles. The maximum Gasteiger partial charge on any atom is 0.201 e. The lowest BCUT2D eigenvalue weighted by atomic mass is 10.2. The highest BCUT2D eigenvalue weighted by Gasteiger charge is 2.09. The normalized spacial score (nSPS) is 10.8. The maximum atomic E-state index is 8.98. The Morgan fingerprint density at radius 3 is 2.90 bits per heavy atom. The van der Waals surface area contributed by atoms with Gasteiger partial charge in [-0.1, -0.05) is 0 Å². The molecule has 0 saturated heterocycles. The number of hydrogen-bond donors (Lipinski definition) is 1. The van der Waals surface area contributed by atoms with E-state index in [1.54, 1.807) is 6.07 Å². The van der Waals surface area contributed by atoms with Crippen LogP contribution in [0, 0.1) is 18.3 Å². The third-order valence-corrected chi connectivity index (χ3v) is 3.22. The highest BCUT2D eigenvalue weighted by atomic mass is 15.3. The highest BCUT2D eigenvalue weighted by molar-refractivity contribution is 5.79. The summed E-state index contributed by atoms with van der Waals surface area (Å²) < 4.78 is 3.78. The number of aryl methyl sites for hydroxylation is 3. The first-order valence-corrected chi connectivity index (χ1v) is 6.32. The first-order chi connectivity index (χ1) is 9.67. The van der Waals surface area contributed by atoms with Gasteiger partial charge in [-0.3, -0.25) is 4.68 Å². The Labute approximate surface area is 116 Å². The molecule has 0 aliphatic rings. The van der Waals surface area contributed by atoms with Crippen LogP contribution in [0.4, 0.5) is 5.95 Å². The number of nitrogen functional groups attached to an aromatic ring is 1. The van der Waals surface area contributed by atoms with Gasteiger partial charge in [-0.2, -0.15) is 10.4 Å². The highest BCUT2D eigenvalue weighted by Crippen LogP contribution is 2.19. The topological polar surface area (TPSA) is 85.4 Å². The van der Waals surface area contributed by atoms with Gasteiger partial charge in [-0.25, -0.2) is 4.98 Å². The number of nitriles is 1. The zero-order valence-corrected chi connectivity index (χ0v) is 11.1. The molecule has 0 spiro atoms. The molecule has 0 fully saturated rings. The summed E-state index contributed by atoms with van der Waals surface area (Å²) >= 11 is 0. The van der Waals surface area contributed by atoms with Gasteiger partial charge in [-0.15, -0.1) is 0 Å². The third kappa shape index (κ3) is 2.10. The molecule has 0 bridgehead atoms. The van der Waals surface area contributed by atoms with Gasteiger partial charge in [0.1, 0.15) is 0 Å². The van der Waals surface area contributed by atoms with Crippen molar-refractivity contribution < 1.29 is 0 Å². The number of fused-ring (bicyclic) bond motifs is 1. The molecule has 2 heterocycles. The smallest absolute Gasteiger partial charge is 0.201 e. The second-order valence-corrected chi connectivity index (χ2v) is 4.72. The van der Waals surface area contributed by atoms with Crippen LogP contribution >= 0.6 is 0 Å². The SMILES string of the molecule is Cc1cnn(CCn2c(N)nc3ccc(C#N)cc32)c1. The Morgan fingerprint density at radius 1 is 1.35 bits per heavy atom. The summed E-state index contributed by atoms with van der Waals surface area (Å²) in [5.41, 5.74) is 9.37. The number of benzene rings is 1. The first kappa shape index (κ1) is 12.2. The Morgan fingerprint density at radius 2 is 2.20 bits per heavy atom. The van der Waals surface area contributed by atoms with Crippen LogP contribution in [0.15, 0.2) is 30.6 Å². The van der Waals surface area contributed by atoms with Crippen LogP contribution in [0.2, 0.25) is 0 Å². The van der Waals surface area contributed by atoms with Crippen molar-refractivity contribution in [2.45, 2.75) is 20.0 Å². The van der Waals surface area contributed by atoms with Gasteiger partial charge in [-0.05, 0) is 30.7 Å². The molecule has 3 rings (SSSR count). The predicted molar refractivity (Wildman–Crippen MR) is 75.8 cm³/mol. The lowest BCUT2D eigenvalue weighted by Crippen LogP contribution is -2.10. The van der Waals surface area contributed by atoms with E-state index in [0.717, 1.165) is 16.6 Å². The van der Waals surface area contributed by atoms with Crippen LogP contribution < -0.4 is 5.73 Å². The van der Waals surface area contributed by atoms with E-state index in [0.29, 0.717) is 24.6 Å². The van der Waals surface area contributed by atoms with E-state index < -0.39 is 0 Å². The van der Waals surface area contributed by atoms with Crippen molar-refractivity contribution >= 4 is 17.0 Å². The number of imidazole rings is 1. The largest absolute Gasteiger partial charge is 0.369 e. The number of hydrogen-bond acceptors (Lipinski definition) is 4. The van der Waals surface area contributed by atoms with Gasteiger partial charge in [0.05, 0.1) is 35.4 Å². The number of aromatic nitrogens is 4. The van der Waals surface area contributed by atoms with E-state index in [2.05, 4.69) is 16.2 Å². The summed E-state index contributed by atoms with van der Waals surface area (Å²) in [4.78, 5) is 4.31. The molecular weight excluding hydrogens is 252 g/mol. The molecule has 6 heteroatoms. The van der Waals surface area contributed by atoms with E-state index in [4.69, 9.17) is 11.0 Å². The van der Waals surface area contributed by atoms with Crippen molar-refractivity contribution in [3.8, 4) is 6.07 Å². The summed E-state index contributed by atoms with van der Waals surface area (Å²) in [5, 5.41) is 13.2. The van der Waals surface area contributed by atoms with Crippen molar-refractivity contribution in [1.29, 1.82) is 5.26 Å². The van der Waals surface area contributed by atoms with Crippen LogP contribution in [-0.4, -0.2) is 19.3 Å². The Balaban J connectivity index is 1.94. The molecule has 1 aromatic carbocycles. The molecule has 3 aromatic rings. The van der Waals surface area contributed by atoms with Gasteiger partial charge in [0.15, 0.2) is 0 Å². The summed E-state index contributed by atoms with van der Waals surface area (Å²) in [6.07, 6.45) is 3.80. The average molecular weight is 266 g/mol. The molecule has 0 aliphatic heterocycles. The fourth-order valence-electron chi connectivity index (χ4n) is 2.24. The van der Waals surface area contributed by atoms with E-state index >= 15 is 0 Å². The van der Waals surface area contributed by atoms with Crippen LogP contribution in [0.5, 0.6) is 0 Å². The standard InChI is InChI=1S/C14H14N6/c1-10-8-17-19(9-10)4-5-20-13-6-11(7-15)2-3-12(13)18-14(20)16/h2-3,6,8-9H,4-5H2,1H3,(H2,16,18). The molecule has 6 nitrogen and oxygen atoms in total. The van der Waals surface area contributed by atoms with Crippen molar-refractivity contribution in [3.63, 3.8) is 0 Å². The first-order valence-electron chi connectivity index (χ1n) is 6.32. The molecule has 20 heavy (non-hydrogen) atoms. The van der Waals surface area contributed by atoms with E-state index in [9.17, 15) is 0 Å². The molecule has 100 valence electrons. The summed E-state index contributed by atoms with van der Waals surface area (Å²) in [7, 11) is 0. The molecule has 0 saturated carbocycles. The molecular formula is C14H14N6. The van der Waals surface area contributed by atoms with Gasteiger partial charge >= 0.3 is 0 Å². The number of nitrogens with two attached hydrogens (primary N) is 1. The third-order valence-electron chi connectivity index (χ3n) is 3.22.